The molecule has 1 saturated heterocycles. The van der Waals surface area contributed by atoms with Crippen LogP contribution < -0.4 is 5.32 Å². The summed E-state index contributed by atoms with van der Waals surface area (Å²) in [7, 11) is 1.41. The van der Waals surface area contributed by atoms with Crippen LogP contribution in [-0.4, -0.2) is 37.2 Å². The zero-order valence-electron chi connectivity index (χ0n) is 11.6. The van der Waals surface area contributed by atoms with Crippen LogP contribution in [0.1, 0.15) is 18.9 Å². The number of piperidine rings is 1. The standard InChI is InChI=1S/C15H22N2O2/c1-12-8-9-17(10-13-6-4-3-5-7-13)11-14(12)16-15(18)19-2/h3-7,12,14H,8-11H2,1-2H3,(H,16,18)/t12-,14+/m0/s1. The van der Waals surface area contributed by atoms with Crippen LogP contribution in [0, 0.1) is 5.92 Å². The molecule has 2 atom stereocenters. The summed E-state index contributed by atoms with van der Waals surface area (Å²) in [6.45, 7) is 5.08. The molecule has 0 saturated carbocycles. The number of methoxy groups -OCH3 is 1. The molecule has 4 nitrogen and oxygen atoms in total. The minimum Gasteiger partial charge on any atom is -0.453 e. The van der Waals surface area contributed by atoms with Crippen molar-refractivity contribution >= 4 is 6.09 Å². The quantitative estimate of drug-likeness (QED) is 0.908. The van der Waals surface area contributed by atoms with Crippen molar-refractivity contribution in [3.63, 3.8) is 0 Å². The Hall–Kier alpha value is -1.55. The fourth-order valence-corrected chi connectivity index (χ4v) is 2.52. The summed E-state index contributed by atoms with van der Waals surface area (Å²) in [6, 6.07) is 10.6. The van der Waals surface area contributed by atoms with E-state index in [4.69, 9.17) is 0 Å². The van der Waals surface area contributed by atoms with Crippen LogP contribution in [-0.2, 0) is 11.3 Å². The molecule has 1 aromatic carbocycles. The van der Waals surface area contributed by atoms with Gasteiger partial charge in [0.1, 0.15) is 0 Å². The Labute approximate surface area is 114 Å². The average molecular weight is 262 g/mol. The smallest absolute Gasteiger partial charge is 0.407 e. The molecule has 1 fully saturated rings. The first-order valence-corrected chi connectivity index (χ1v) is 6.80. The van der Waals surface area contributed by atoms with Crippen LogP contribution in [0.5, 0.6) is 0 Å². The Morgan fingerprint density at radius 1 is 1.42 bits per heavy atom. The lowest BCUT2D eigenvalue weighted by Gasteiger charge is -2.37. The van der Waals surface area contributed by atoms with Gasteiger partial charge in [0.25, 0.3) is 0 Å². The van der Waals surface area contributed by atoms with E-state index in [9.17, 15) is 4.79 Å². The maximum Gasteiger partial charge on any atom is 0.407 e. The number of ether oxygens (including phenoxy) is 1. The average Bonchev–Trinajstić information content (AvgIpc) is 2.43. The van der Waals surface area contributed by atoms with Gasteiger partial charge in [-0.2, -0.15) is 0 Å². The molecule has 0 radical (unpaired) electrons. The number of hydrogen-bond donors (Lipinski definition) is 1. The van der Waals surface area contributed by atoms with Gasteiger partial charge in [-0.05, 0) is 24.4 Å². The zero-order chi connectivity index (χ0) is 13.7. The zero-order valence-corrected chi connectivity index (χ0v) is 11.6. The number of benzene rings is 1. The minimum absolute atomic E-state index is 0.171. The fourth-order valence-electron chi connectivity index (χ4n) is 2.52. The summed E-state index contributed by atoms with van der Waals surface area (Å²) in [4.78, 5) is 13.7. The van der Waals surface area contributed by atoms with Crippen LogP contribution >= 0.6 is 0 Å². The third kappa shape index (κ3) is 3.96. The predicted molar refractivity (Wildman–Crippen MR) is 74.8 cm³/mol. The maximum absolute atomic E-state index is 11.3. The Morgan fingerprint density at radius 2 is 2.16 bits per heavy atom. The third-order valence-electron chi connectivity index (χ3n) is 3.78. The molecule has 1 aliphatic rings. The number of carbonyl (C=O) groups is 1. The molecule has 1 aromatic rings. The van der Waals surface area contributed by atoms with Crippen molar-refractivity contribution in [1.29, 1.82) is 0 Å². The first-order chi connectivity index (χ1) is 9.19. The van der Waals surface area contributed by atoms with Crippen LogP contribution in [0.15, 0.2) is 30.3 Å². The number of amides is 1. The van der Waals surface area contributed by atoms with Gasteiger partial charge in [-0.3, -0.25) is 4.90 Å². The van der Waals surface area contributed by atoms with Crippen LogP contribution in [0.2, 0.25) is 0 Å². The maximum atomic E-state index is 11.3. The Bertz CT molecular complexity index is 408. The summed E-state index contributed by atoms with van der Waals surface area (Å²) >= 11 is 0. The van der Waals surface area contributed by atoms with E-state index in [1.807, 2.05) is 6.07 Å². The highest BCUT2D eigenvalue weighted by atomic mass is 16.5. The highest BCUT2D eigenvalue weighted by Gasteiger charge is 2.27. The SMILES string of the molecule is COC(=O)N[C@@H]1CN(Cc2ccccc2)CC[C@@H]1C. The molecular weight excluding hydrogens is 240 g/mol. The van der Waals surface area contributed by atoms with Gasteiger partial charge in [0.2, 0.25) is 0 Å². The topological polar surface area (TPSA) is 41.6 Å². The van der Waals surface area contributed by atoms with E-state index < -0.39 is 0 Å². The van der Waals surface area contributed by atoms with Crippen molar-refractivity contribution in [1.82, 2.24) is 10.2 Å². The summed E-state index contributed by atoms with van der Waals surface area (Å²) < 4.78 is 4.69. The molecule has 4 heteroatoms. The van der Waals surface area contributed by atoms with Gasteiger partial charge in [0.15, 0.2) is 0 Å². The van der Waals surface area contributed by atoms with E-state index in [1.54, 1.807) is 0 Å². The molecule has 19 heavy (non-hydrogen) atoms. The normalized spacial score (nSPS) is 23.9. The van der Waals surface area contributed by atoms with Gasteiger partial charge in [0, 0.05) is 19.1 Å². The number of nitrogens with zero attached hydrogens (tertiary/aromatic N) is 1. The molecule has 1 N–H and O–H groups in total. The van der Waals surface area contributed by atoms with E-state index in [-0.39, 0.29) is 12.1 Å². The number of carbonyl (C=O) groups excluding carboxylic acids is 1. The second-order valence-corrected chi connectivity index (χ2v) is 5.23. The molecule has 104 valence electrons. The lowest BCUT2D eigenvalue weighted by Crippen LogP contribution is -2.51. The molecular formula is C15H22N2O2. The van der Waals surface area contributed by atoms with Crippen molar-refractivity contribution in [2.75, 3.05) is 20.2 Å². The van der Waals surface area contributed by atoms with Crippen LogP contribution in [0.4, 0.5) is 4.79 Å². The van der Waals surface area contributed by atoms with Crippen LogP contribution in [0.3, 0.4) is 0 Å². The predicted octanol–water partition coefficient (Wildman–Crippen LogP) is 2.25. The molecule has 0 spiro atoms. The number of rotatable bonds is 3. The van der Waals surface area contributed by atoms with Gasteiger partial charge in [-0.1, -0.05) is 37.3 Å². The minimum atomic E-state index is -0.335. The molecule has 1 aliphatic heterocycles. The molecule has 0 aromatic heterocycles. The van der Waals surface area contributed by atoms with Crippen molar-refractivity contribution in [3.8, 4) is 0 Å². The number of hydrogen-bond acceptors (Lipinski definition) is 3. The molecule has 2 rings (SSSR count). The monoisotopic (exact) mass is 262 g/mol. The molecule has 1 heterocycles. The molecule has 0 unspecified atom stereocenters. The van der Waals surface area contributed by atoms with Gasteiger partial charge in [-0.15, -0.1) is 0 Å². The molecule has 0 bridgehead atoms. The van der Waals surface area contributed by atoms with Crippen molar-refractivity contribution in [3.05, 3.63) is 35.9 Å². The Kier molecular flexibility index (Phi) is 4.80. The number of nitrogens with one attached hydrogen (secondary N) is 1. The van der Waals surface area contributed by atoms with Crippen LogP contribution in [0.25, 0.3) is 0 Å². The summed E-state index contributed by atoms with van der Waals surface area (Å²) in [5.41, 5.74) is 1.31. The highest BCUT2D eigenvalue weighted by molar-refractivity contribution is 5.67. The van der Waals surface area contributed by atoms with E-state index in [2.05, 4.69) is 46.1 Å². The first kappa shape index (κ1) is 13.9. The van der Waals surface area contributed by atoms with E-state index in [1.165, 1.54) is 12.7 Å². The summed E-state index contributed by atoms with van der Waals surface area (Å²) in [5, 5.41) is 2.93. The van der Waals surface area contributed by atoms with Gasteiger partial charge < -0.3 is 10.1 Å². The van der Waals surface area contributed by atoms with Crippen molar-refractivity contribution < 1.29 is 9.53 Å². The molecule has 0 aliphatic carbocycles. The van der Waals surface area contributed by atoms with Gasteiger partial charge in [0.05, 0.1) is 7.11 Å². The highest BCUT2D eigenvalue weighted by Crippen LogP contribution is 2.19. The first-order valence-electron chi connectivity index (χ1n) is 6.80. The lowest BCUT2D eigenvalue weighted by molar-refractivity contribution is 0.123. The fraction of sp³-hybridized carbons (Fsp3) is 0.533. The largest absolute Gasteiger partial charge is 0.453 e. The van der Waals surface area contributed by atoms with Crippen molar-refractivity contribution in [2.24, 2.45) is 5.92 Å². The van der Waals surface area contributed by atoms with Gasteiger partial charge in [-0.25, -0.2) is 4.79 Å². The Morgan fingerprint density at radius 3 is 2.84 bits per heavy atom. The number of alkyl carbamates (subject to hydrolysis) is 1. The van der Waals surface area contributed by atoms with E-state index in [0.29, 0.717) is 5.92 Å². The summed E-state index contributed by atoms with van der Waals surface area (Å²) in [6.07, 6.45) is 0.764. The van der Waals surface area contributed by atoms with Crippen molar-refractivity contribution in [2.45, 2.75) is 25.9 Å². The second-order valence-electron chi connectivity index (χ2n) is 5.23. The number of likely N-dealkylation sites (tertiary alicyclic amines) is 1. The van der Waals surface area contributed by atoms with E-state index >= 15 is 0 Å². The van der Waals surface area contributed by atoms with E-state index in [0.717, 1.165) is 26.1 Å². The lowest BCUT2D eigenvalue weighted by atomic mass is 9.93. The Balaban J connectivity index is 1.91. The second kappa shape index (κ2) is 6.57. The molecule has 1 amide bonds. The third-order valence-corrected chi connectivity index (χ3v) is 3.78. The summed E-state index contributed by atoms with van der Waals surface area (Å²) in [5.74, 6) is 0.492. The van der Waals surface area contributed by atoms with Gasteiger partial charge >= 0.3 is 6.09 Å².